The van der Waals surface area contributed by atoms with Crippen molar-refractivity contribution in [1.29, 1.82) is 0 Å². The summed E-state index contributed by atoms with van der Waals surface area (Å²) in [5.41, 5.74) is 1.28. The lowest BCUT2D eigenvalue weighted by Crippen LogP contribution is -2.25. The third kappa shape index (κ3) is 4.11. The van der Waals surface area contributed by atoms with Crippen molar-refractivity contribution in [2.75, 3.05) is 11.9 Å². The quantitative estimate of drug-likeness (QED) is 0.732. The molecule has 2 heteroatoms. The first-order chi connectivity index (χ1) is 8.40. The largest absolute Gasteiger partial charge is 0.376 e. The number of ether oxygens (including phenoxy) is 1. The van der Waals surface area contributed by atoms with Gasteiger partial charge in [0.15, 0.2) is 0 Å². The van der Waals surface area contributed by atoms with Gasteiger partial charge in [0.2, 0.25) is 0 Å². The van der Waals surface area contributed by atoms with Gasteiger partial charge in [-0.05, 0) is 30.2 Å². The number of benzene rings is 1. The molecule has 1 fully saturated rings. The lowest BCUT2D eigenvalue weighted by atomic mass is 9.81. The molecule has 2 rings (SSSR count). The summed E-state index contributed by atoms with van der Waals surface area (Å²) in [7, 11) is 0. The molecule has 17 heavy (non-hydrogen) atoms. The highest BCUT2D eigenvalue weighted by Crippen LogP contribution is 2.31. The van der Waals surface area contributed by atoms with Crippen LogP contribution >= 0.6 is 15.9 Å². The van der Waals surface area contributed by atoms with Gasteiger partial charge in [-0.25, -0.2) is 0 Å². The number of alkyl halides is 1. The van der Waals surface area contributed by atoms with Crippen molar-refractivity contribution in [3.05, 3.63) is 35.9 Å². The summed E-state index contributed by atoms with van der Waals surface area (Å²) in [5, 5.41) is 1.13. The molecule has 0 amide bonds. The van der Waals surface area contributed by atoms with Crippen molar-refractivity contribution in [3.8, 4) is 0 Å². The Hall–Kier alpha value is -0.340. The van der Waals surface area contributed by atoms with Crippen LogP contribution in [0.2, 0.25) is 0 Å². The Balaban J connectivity index is 1.74. The third-order valence-corrected chi connectivity index (χ3v) is 4.54. The van der Waals surface area contributed by atoms with E-state index in [4.69, 9.17) is 4.74 Å². The van der Waals surface area contributed by atoms with Gasteiger partial charge in [0.1, 0.15) is 0 Å². The maximum absolute atomic E-state index is 5.87. The van der Waals surface area contributed by atoms with E-state index in [9.17, 15) is 0 Å². The van der Waals surface area contributed by atoms with Crippen molar-refractivity contribution in [1.82, 2.24) is 0 Å². The van der Waals surface area contributed by atoms with E-state index >= 15 is 0 Å². The molecular formula is C15H21BrO. The first kappa shape index (κ1) is 13.1. The molecule has 1 aromatic carbocycles. The molecule has 1 saturated carbocycles. The van der Waals surface area contributed by atoms with Crippen LogP contribution in [0.1, 0.15) is 31.2 Å². The fourth-order valence-electron chi connectivity index (χ4n) is 2.61. The fourth-order valence-corrected chi connectivity index (χ4v) is 3.46. The molecule has 1 aromatic rings. The highest BCUT2D eigenvalue weighted by molar-refractivity contribution is 9.09. The molecule has 94 valence electrons. The van der Waals surface area contributed by atoms with E-state index in [2.05, 4.69) is 40.2 Å². The van der Waals surface area contributed by atoms with E-state index in [1.165, 1.54) is 31.2 Å². The smallest absolute Gasteiger partial charge is 0.0717 e. The minimum absolute atomic E-state index is 0.756. The molecular weight excluding hydrogens is 276 g/mol. The maximum Gasteiger partial charge on any atom is 0.0717 e. The standard InChI is InChI=1S/C15H21BrO/c16-10-14-8-4-5-9-15(14)12-17-11-13-6-2-1-3-7-13/h1-3,6-7,14-15H,4-5,8-12H2. The third-order valence-electron chi connectivity index (χ3n) is 3.71. The lowest BCUT2D eigenvalue weighted by molar-refractivity contribution is 0.0548. The molecule has 0 bridgehead atoms. The normalized spacial score (nSPS) is 24.8. The van der Waals surface area contributed by atoms with Crippen LogP contribution in [0.3, 0.4) is 0 Å². The average molecular weight is 297 g/mol. The molecule has 1 nitrogen and oxygen atoms in total. The van der Waals surface area contributed by atoms with Gasteiger partial charge in [0, 0.05) is 5.33 Å². The average Bonchev–Trinajstić information content (AvgIpc) is 2.40. The van der Waals surface area contributed by atoms with Crippen molar-refractivity contribution >= 4 is 15.9 Å². The maximum atomic E-state index is 5.87. The van der Waals surface area contributed by atoms with Crippen molar-refractivity contribution in [2.45, 2.75) is 32.3 Å². The van der Waals surface area contributed by atoms with Crippen molar-refractivity contribution in [3.63, 3.8) is 0 Å². The zero-order chi connectivity index (χ0) is 11.9. The van der Waals surface area contributed by atoms with Crippen LogP contribution in [0.5, 0.6) is 0 Å². The van der Waals surface area contributed by atoms with E-state index in [1.807, 2.05) is 6.07 Å². The van der Waals surface area contributed by atoms with Gasteiger partial charge in [0.05, 0.1) is 13.2 Å². The molecule has 0 N–H and O–H groups in total. The van der Waals surface area contributed by atoms with E-state index in [-0.39, 0.29) is 0 Å². The Bertz CT molecular complexity index is 312. The molecule has 1 aliphatic carbocycles. The first-order valence-corrected chi connectivity index (χ1v) is 7.70. The molecule has 0 aromatic heterocycles. The molecule has 0 saturated heterocycles. The summed E-state index contributed by atoms with van der Waals surface area (Å²) in [6.45, 7) is 1.68. The molecule has 0 radical (unpaired) electrons. The Morgan fingerprint density at radius 1 is 1.06 bits per heavy atom. The summed E-state index contributed by atoms with van der Waals surface area (Å²) < 4.78 is 5.87. The van der Waals surface area contributed by atoms with Gasteiger partial charge in [0.25, 0.3) is 0 Å². The molecule has 0 heterocycles. The van der Waals surface area contributed by atoms with Gasteiger partial charge < -0.3 is 4.74 Å². The molecule has 2 atom stereocenters. The fraction of sp³-hybridized carbons (Fsp3) is 0.600. The SMILES string of the molecule is BrCC1CCCCC1COCc1ccccc1. The van der Waals surface area contributed by atoms with Crippen LogP contribution in [0, 0.1) is 11.8 Å². The molecule has 0 aliphatic heterocycles. The van der Waals surface area contributed by atoms with Crippen LogP contribution in [0.25, 0.3) is 0 Å². The van der Waals surface area contributed by atoms with Gasteiger partial charge in [-0.1, -0.05) is 59.1 Å². The Kier molecular flexibility index (Phi) is 5.53. The Labute approximate surface area is 113 Å². The zero-order valence-corrected chi connectivity index (χ0v) is 11.9. The molecule has 1 aliphatic rings. The lowest BCUT2D eigenvalue weighted by Gasteiger charge is -2.30. The highest BCUT2D eigenvalue weighted by atomic mass is 79.9. The first-order valence-electron chi connectivity index (χ1n) is 6.58. The number of hydrogen-bond acceptors (Lipinski definition) is 1. The van der Waals surface area contributed by atoms with E-state index in [0.29, 0.717) is 0 Å². The Morgan fingerprint density at radius 2 is 1.76 bits per heavy atom. The summed E-state index contributed by atoms with van der Waals surface area (Å²) in [6, 6.07) is 10.4. The number of hydrogen-bond donors (Lipinski definition) is 0. The van der Waals surface area contributed by atoms with Gasteiger partial charge in [-0.2, -0.15) is 0 Å². The summed E-state index contributed by atoms with van der Waals surface area (Å²) in [6.07, 6.45) is 5.48. The van der Waals surface area contributed by atoms with Crippen LogP contribution < -0.4 is 0 Å². The van der Waals surface area contributed by atoms with Crippen molar-refractivity contribution in [2.24, 2.45) is 11.8 Å². The van der Waals surface area contributed by atoms with Crippen LogP contribution in [-0.4, -0.2) is 11.9 Å². The summed E-state index contributed by atoms with van der Waals surface area (Å²) in [4.78, 5) is 0. The predicted octanol–water partition coefficient (Wildman–Crippen LogP) is 4.40. The van der Waals surface area contributed by atoms with Crippen molar-refractivity contribution < 1.29 is 4.74 Å². The zero-order valence-electron chi connectivity index (χ0n) is 10.3. The highest BCUT2D eigenvalue weighted by Gasteiger charge is 2.24. The van der Waals surface area contributed by atoms with E-state index < -0.39 is 0 Å². The predicted molar refractivity (Wildman–Crippen MR) is 75.3 cm³/mol. The monoisotopic (exact) mass is 296 g/mol. The van der Waals surface area contributed by atoms with Crippen LogP contribution in [-0.2, 0) is 11.3 Å². The minimum Gasteiger partial charge on any atom is -0.376 e. The summed E-state index contributed by atoms with van der Waals surface area (Å²) in [5.74, 6) is 1.58. The van der Waals surface area contributed by atoms with Gasteiger partial charge in [-0.15, -0.1) is 0 Å². The van der Waals surface area contributed by atoms with E-state index in [1.54, 1.807) is 0 Å². The van der Waals surface area contributed by atoms with Crippen LogP contribution in [0.15, 0.2) is 30.3 Å². The minimum atomic E-state index is 0.756. The second-order valence-electron chi connectivity index (χ2n) is 4.96. The van der Waals surface area contributed by atoms with Gasteiger partial charge >= 0.3 is 0 Å². The molecule has 0 spiro atoms. The topological polar surface area (TPSA) is 9.23 Å². The van der Waals surface area contributed by atoms with E-state index in [0.717, 1.165) is 30.4 Å². The van der Waals surface area contributed by atoms with Gasteiger partial charge in [-0.3, -0.25) is 0 Å². The second-order valence-corrected chi connectivity index (χ2v) is 5.61. The molecule has 2 unspecified atom stereocenters. The van der Waals surface area contributed by atoms with Crippen LogP contribution in [0.4, 0.5) is 0 Å². The number of rotatable bonds is 5. The Morgan fingerprint density at radius 3 is 2.47 bits per heavy atom. The second kappa shape index (κ2) is 7.17. The summed E-state index contributed by atoms with van der Waals surface area (Å²) >= 11 is 3.63. The number of halogens is 1.